The topological polar surface area (TPSA) is 8.17 Å². The zero-order chi connectivity index (χ0) is 34.4. The molecule has 0 N–H and O–H groups in total. The predicted octanol–water partition coefficient (Wildman–Crippen LogP) is 12.2. The van der Waals surface area contributed by atoms with Crippen molar-refractivity contribution in [2.24, 2.45) is 0 Å². The number of rotatable bonds is 2. The molecule has 2 heterocycles. The number of hydrogen-bond donors (Lipinski definition) is 0. The van der Waals surface area contributed by atoms with Crippen LogP contribution in [0.25, 0.3) is 44.2 Å². The lowest BCUT2D eigenvalue weighted by atomic mass is 9.69. The van der Waals surface area contributed by atoms with Crippen molar-refractivity contribution in [1.29, 1.82) is 0 Å². The van der Waals surface area contributed by atoms with Crippen LogP contribution in [0.1, 0.15) is 62.4 Å². The molecular weight excluding hydrogens is 617 g/mol. The van der Waals surface area contributed by atoms with Crippen molar-refractivity contribution in [1.82, 2.24) is 4.57 Å². The van der Waals surface area contributed by atoms with Gasteiger partial charge in [0.05, 0.1) is 17.1 Å². The molecule has 2 atom stereocenters. The van der Waals surface area contributed by atoms with E-state index in [1.54, 1.807) is 0 Å². The van der Waals surface area contributed by atoms with E-state index in [-0.39, 0.29) is 22.3 Å². The molecule has 0 radical (unpaired) electrons. The lowest BCUT2D eigenvalue weighted by molar-refractivity contribution is 0.538. The van der Waals surface area contributed by atoms with Crippen LogP contribution < -0.4 is 4.90 Å². The van der Waals surface area contributed by atoms with Gasteiger partial charge in [-0.05, 0) is 106 Å². The first-order chi connectivity index (χ1) is 24.7. The molecule has 6 aromatic carbocycles. The van der Waals surface area contributed by atoms with E-state index in [9.17, 15) is 0 Å². The molecule has 0 saturated carbocycles. The SMILES string of the molecule is CC1(C)C2=C[C@H]3N(c4ccc(-n5c6ccccc6c6ccccc65)cc4)c4cc5c(cc4C3(C)C=C2c2ccccc21)-c1ccccc1C5(C)C. The second kappa shape index (κ2) is 9.59. The quantitative estimate of drug-likeness (QED) is 0.180. The van der Waals surface area contributed by atoms with Crippen LogP contribution >= 0.6 is 0 Å². The molecule has 1 aliphatic heterocycles. The van der Waals surface area contributed by atoms with Crippen molar-refractivity contribution in [3.63, 3.8) is 0 Å². The molecule has 51 heavy (non-hydrogen) atoms. The van der Waals surface area contributed by atoms with Crippen molar-refractivity contribution in [3.05, 3.63) is 179 Å². The first kappa shape index (κ1) is 29.2. The minimum absolute atomic E-state index is 0.0622. The minimum Gasteiger partial charge on any atom is -0.333 e. The Hall–Kier alpha value is -5.60. The molecule has 0 fully saturated rings. The minimum atomic E-state index is -0.218. The zero-order valence-corrected chi connectivity index (χ0v) is 29.8. The van der Waals surface area contributed by atoms with E-state index < -0.39 is 0 Å². The van der Waals surface area contributed by atoms with Gasteiger partial charge < -0.3 is 9.47 Å². The summed E-state index contributed by atoms with van der Waals surface area (Å²) >= 11 is 0. The number of fused-ring (bicyclic) bond motifs is 12. The maximum absolute atomic E-state index is 2.66. The Labute approximate surface area is 300 Å². The number of para-hydroxylation sites is 2. The molecule has 0 saturated heterocycles. The van der Waals surface area contributed by atoms with Crippen LogP contribution in [0, 0.1) is 0 Å². The summed E-state index contributed by atoms with van der Waals surface area (Å²) < 4.78 is 2.42. The second-order valence-corrected chi connectivity index (χ2v) is 16.4. The van der Waals surface area contributed by atoms with Crippen molar-refractivity contribution in [2.75, 3.05) is 4.90 Å². The van der Waals surface area contributed by atoms with Gasteiger partial charge in [0.1, 0.15) is 0 Å². The van der Waals surface area contributed by atoms with Crippen LogP contribution in [0.5, 0.6) is 0 Å². The molecule has 2 heteroatoms. The van der Waals surface area contributed by atoms with Gasteiger partial charge in [-0.2, -0.15) is 0 Å². The highest BCUT2D eigenvalue weighted by Crippen LogP contribution is 2.61. The lowest BCUT2D eigenvalue weighted by Gasteiger charge is -2.38. The Kier molecular flexibility index (Phi) is 5.48. The fraction of sp³-hybridized carbons (Fsp3) is 0.184. The van der Waals surface area contributed by atoms with E-state index in [1.807, 2.05) is 0 Å². The van der Waals surface area contributed by atoms with Gasteiger partial charge in [-0.3, -0.25) is 0 Å². The normalized spacial score (nSPS) is 21.4. The Bertz CT molecular complexity index is 2660. The van der Waals surface area contributed by atoms with E-state index in [0.29, 0.717) is 0 Å². The van der Waals surface area contributed by atoms with Gasteiger partial charge in [0, 0.05) is 44.1 Å². The molecule has 1 unspecified atom stereocenters. The summed E-state index contributed by atoms with van der Waals surface area (Å²) in [4.78, 5) is 2.66. The number of nitrogens with zero attached hydrogens (tertiary/aromatic N) is 2. The van der Waals surface area contributed by atoms with E-state index >= 15 is 0 Å². The first-order valence-electron chi connectivity index (χ1n) is 18.4. The summed E-state index contributed by atoms with van der Waals surface area (Å²) in [6.45, 7) is 12.1. The van der Waals surface area contributed by atoms with Crippen LogP contribution in [-0.2, 0) is 16.2 Å². The molecule has 11 rings (SSSR count). The maximum Gasteiger partial charge on any atom is 0.0658 e. The van der Waals surface area contributed by atoms with Crippen LogP contribution in [0.15, 0.2) is 151 Å². The summed E-state index contributed by atoms with van der Waals surface area (Å²) in [5, 5.41) is 2.57. The summed E-state index contributed by atoms with van der Waals surface area (Å²) in [6.07, 6.45) is 5.25. The van der Waals surface area contributed by atoms with Crippen LogP contribution in [-0.4, -0.2) is 10.6 Å². The summed E-state index contributed by atoms with van der Waals surface area (Å²) in [7, 11) is 0. The third-order valence-electron chi connectivity index (χ3n) is 13.0. The third kappa shape index (κ3) is 3.58. The molecular formula is C49H40N2. The van der Waals surface area contributed by atoms with Gasteiger partial charge in [0.15, 0.2) is 0 Å². The number of anilines is 2. The van der Waals surface area contributed by atoms with Gasteiger partial charge in [-0.25, -0.2) is 0 Å². The van der Waals surface area contributed by atoms with Crippen molar-refractivity contribution in [2.45, 2.75) is 56.9 Å². The molecule has 4 aliphatic rings. The monoisotopic (exact) mass is 656 g/mol. The Morgan fingerprint density at radius 2 is 1.06 bits per heavy atom. The summed E-state index contributed by atoms with van der Waals surface area (Å²) in [5.41, 5.74) is 18.5. The van der Waals surface area contributed by atoms with Gasteiger partial charge in [0.2, 0.25) is 0 Å². The summed E-state index contributed by atoms with van der Waals surface area (Å²) in [6, 6.07) is 50.2. The summed E-state index contributed by atoms with van der Waals surface area (Å²) in [5.74, 6) is 0. The molecule has 7 aromatic rings. The van der Waals surface area contributed by atoms with E-state index in [2.05, 4.69) is 190 Å². The van der Waals surface area contributed by atoms with Crippen molar-refractivity contribution < 1.29 is 0 Å². The number of aromatic nitrogens is 1. The van der Waals surface area contributed by atoms with Gasteiger partial charge >= 0.3 is 0 Å². The smallest absolute Gasteiger partial charge is 0.0658 e. The van der Waals surface area contributed by atoms with Gasteiger partial charge in [0.25, 0.3) is 0 Å². The standard InChI is InChI=1S/C49H40N2/c1-47(2)38-18-10-6-14-32(38)36-26-42-45(27-40(36)47)51(46-28-41-37(29-49(42,46)5)33-15-7-11-19-39(33)48(41,3)4)31-24-22-30(23-25-31)50-43-20-12-8-16-34(43)35-17-9-13-21-44(35)50/h6-29,46H,1-5H3/t46-,49?/m1/s1. The highest BCUT2D eigenvalue weighted by molar-refractivity contribution is 6.09. The predicted molar refractivity (Wildman–Crippen MR) is 214 cm³/mol. The zero-order valence-electron chi connectivity index (χ0n) is 29.8. The maximum atomic E-state index is 2.66. The number of allylic oxidation sites excluding steroid dienone is 2. The molecule has 2 nitrogen and oxygen atoms in total. The second-order valence-electron chi connectivity index (χ2n) is 16.4. The Balaban J connectivity index is 1.13. The van der Waals surface area contributed by atoms with E-state index in [4.69, 9.17) is 0 Å². The largest absolute Gasteiger partial charge is 0.333 e. The number of benzene rings is 6. The van der Waals surface area contributed by atoms with Crippen LogP contribution in [0.4, 0.5) is 11.4 Å². The Morgan fingerprint density at radius 3 is 1.75 bits per heavy atom. The van der Waals surface area contributed by atoms with Crippen LogP contribution in [0.2, 0.25) is 0 Å². The first-order valence-corrected chi connectivity index (χ1v) is 18.4. The highest BCUT2D eigenvalue weighted by atomic mass is 15.2. The van der Waals surface area contributed by atoms with Crippen molar-refractivity contribution in [3.8, 4) is 16.8 Å². The van der Waals surface area contributed by atoms with Gasteiger partial charge in [-0.1, -0.05) is 125 Å². The average Bonchev–Trinajstić information content (AvgIpc) is 3.77. The fourth-order valence-electron chi connectivity index (χ4n) is 10.4. The highest BCUT2D eigenvalue weighted by Gasteiger charge is 2.53. The third-order valence-corrected chi connectivity index (χ3v) is 13.0. The molecule has 0 spiro atoms. The molecule has 3 aliphatic carbocycles. The molecule has 0 amide bonds. The van der Waals surface area contributed by atoms with Crippen molar-refractivity contribution >= 4 is 38.8 Å². The van der Waals surface area contributed by atoms with Crippen LogP contribution in [0.3, 0.4) is 0 Å². The van der Waals surface area contributed by atoms with Gasteiger partial charge in [-0.15, -0.1) is 0 Å². The Morgan fingerprint density at radius 1 is 0.490 bits per heavy atom. The lowest BCUT2D eigenvalue weighted by Crippen LogP contribution is -2.41. The van der Waals surface area contributed by atoms with E-state index in [0.717, 1.165) is 0 Å². The van der Waals surface area contributed by atoms with E-state index in [1.165, 1.54) is 89.0 Å². The number of hydrogen-bond acceptors (Lipinski definition) is 1. The molecule has 246 valence electrons. The average molecular weight is 657 g/mol. The fourth-order valence-corrected chi connectivity index (χ4v) is 10.4. The molecule has 0 bridgehead atoms. The molecule has 1 aromatic heterocycles.